The van der Waals surface area contributed by atoms with Crippen LogP contribution in [0, 0.1) is 0 Å². The van der Waals surface area contributed by atoms with Gasteiger partial charge in [-0.3, -0.25) is 4.79 Å². The number of hydrogen-bond donors (Lipinski definition) is 12. The smallest absolute Gasteiger partial charge is 0.220 e. The third-order valence-corrected chi connectivity index (χ3v) is 15.0. The topological polar surface area (TPSA) is 307 Å². The predicted molar refractivity (Wildman–Crippen MR) is 305 cm³/mol. The third-order valence-electron chi connectivity index (χ3n) is 15.0. The Bertz CT molecular complexity index is 1700. The summed E-state index contributed by atoms with van der Waals surface area (Å²) in [5.74, 6) is -0.300. The fourth-order valence-electron chi connectivity index (χ4n) is 9.96. The van der Waals surface area contributed by atoms with Crippen molar-refractivity contribution in [2.75, 3.05) is 26.4 Å². The number of allylic oxidation sites excluding steroid dienone is 9. The summed E-state index contributed by atoms with van der Waals surface area (Å²) in [5, 5.41) is 120. The number of amides is 1. The maximum Gasteiger partial charge on any atom is 0.220 e. The molecule has 0 aromatic heterocycles. The number of carbonyl (C=O) groups excluding carboxylic acids is 1. The average molecular weight is 1140 g/mol. The van der Waals surface area contributed by atoms with Gasteiger partial charge in [0.15, 0.2) is 18.9 Å². The number of aliphatic hydroxyl groups is 11. The average Bonchev–Trinajstić information content (AvgIpc) is 3.50. The SMILES string of the molecule is CCCCC/C=C\C/C=C\CCCCCCCCCC(=O)NC(COC1OC(CO)C(OC2OC(CO)C(OC3OC(CO)C(O)C(O)C3O)C(O)C2O)C(O)C1O)C(O)/C=C/CC/C=C/CC/C=C/CCCCCCCCCC. The molecule has 19 nitrogen and oxygen atoms in total. The zero-order valence-electron chi connectivity index (χ0n) is 48.3. The van der Waals surface area contributed by atoms with E-state index in [0.717, 1.165) is 83.5 Å². The van der Waals surface area contributed by atoms with Crippen molar-refractivity contribution in [3.8, 4) is 0 Å². The molecule has 0 aromatic carbocycles. The standard InChI is InChI=1S/C61H107NO18/c1-3-5-7-9-11-13-15-17-19-21-23-24-26-28-30-32-34-36-38-45(66)44(62-49(67)39-37-35-33-31-29-27-25-22-20-18-16-14-12-10-8-6-4-2)43-75-59-55(73)52(70)57(47(41-64)77-59)80-61-56(74)53(71)58(48(42-65)78-61)79-60-54(72)51(69)50(68)46(40-63)76-60/h12,14,18,20-21,23,28,30,36,38,44-48,50-61,63-66,68-74H,3-11,13,15-17,19,22,24-27,29,31-35,37,39-43H2,1-2H3,(H,62,67)/b14-12-,20-18-,23-21+,30-28+,38-36+. The van der Waals surface area contributed by atoms with Crippen LogP contribution in [0.1, 0.15) is 187 Å². The summed E-state index contributed by atoms with van der Waals surface area (Å²) in [7, 11) is 0. The molecular formula is C61H107NO18. The molecule has 0 bridgehead atoms. The molecule has 80 heavy (non-hydrogen) atoms. The van der Waals surface area contributed by atoms with E-state index < -0.39 is 124 Å². The van der Waals surface area contributed by atoms with Crippen molar-refractivity contribution in [3.63, 3.8) is 0 Å². The number of rotatable bonds is 44. The molecule has 0 aliphatic carbocycles. The summed E-state index contributed by atoms with van der Waals surface area (Å²) in [4.78, 5) is 13.3. The van der Waals surface area contributed by atoms with Gasteiger partial charge in [0.05, 0.1) is 38.6 Å². The number of aliphatic hydroxyl groups excluding tert-OH is 11. The Morgan fingerprint density at radius 3 is 1.35 bits per heavy atom. The Balaban J connectivity index is 1.53. The largest absolute Gasteiger partial charge is 0.394 e. The molecule has 0 saturated carbocycles. The lowest BCUT2D eigenvalue weighted by atomic mass is 9.96. The van der Waals surface area contributed by atoms with Crippen molar-refractivity contribution in [1.29, 1.82) is 0 Å². The van der Waals surface area contributed by atoms with Crippen molar-refractivity contribution in [2.24, 2.45) is 0 Å². The van der Waals surface area contributed by atoms with Crippen LogP contribution in [0.2, 0.25) is 0 Å². The van der Waals surface area contributed by atoms with Crippen LogP contribution >= 0.6 is 0 Å². The van der Waals surface area contributed by atoms with Crippen LogP contribution in [0.15, 0.2) is 60.8 Å². The molecule has 12 N–H and O–H groups in total. The van der Waals surface area contributed by atoms with E-state index in [1.165, 1.54) is 70.6 Å². The van der Waals surface area contributed by atoms with Crippen LogP contribution in [0.3, 0.4) is 0 Å². The maximum absolute atomic E-state index is 13.3. The highest BCUT2D eigenvalue weighted by molar-refractivity contribution is 5.76. The summed E-state index contributed by atoms with van der Waals surface area (Å²) < 4.78 is 34.2. The molecule has 3 saturated heterocycles. The molecule has 3 fully saturated rings. The van der Waals surface area contributed by atoms with E-state index in [9.17, 15) is 61.0 Å². The molecule has 1 amide bonds. The molecule has 17 unspecified atom stereocenters. The summed E-state index contributed by atoms with van der Waals surface area (Å²) in [6.07, 6.45) is 23.4. The molecule has 19 heteroatoms. The number of ether oxygens (including phenoxy) is 6. The summed E-state index contributed by atoms with van der Waals surface area (Å²) in [6.45, 7) is 1.64. The minimum absolute atomic E-state index is 0.221. The second-order valence-electron chi connectivity index (χ2n) is 21.8. The van der Waals surface area contributed by atoms with E-state index in [1.54, 1.807) is 6.08 Å². The van der Waals surface area contributed by atoms with Gasteiger partial charge in [0.25, 0.3) is 0 Å². The lowest BCUT2D eigenvalue weighted by molar-refractivity contribution is -0.379. The first-order chi connectivity index (χ1) is 38.8. The van der Waals surface area contributed by atoms with Gasteiger partial charge in [-0.2, -0.15) is 0 Å². The van der Waals surface area contributed by atoms with Gasteiger partial charge in [-0.25, -0.2) is 0 Å². The molecule has 0 aromatic rings. The molecule has 464 valence electrons. The van der Waals surface area contributed by atoms with E-state index >= 15 is 0 Å². The van der Waals surface area contributed by atoms with E-state index in [2.05, 4.69) is 67.8 Å². The van der Waals surface area contributed by atoms with Crippen molar-refractivity contribution >= 4 is 5.91 Å². The van der Waals surface area contributed by atoms with Crippen LogP contribution in [-0.2, 0) is 33.2 Å². The molecule has 0 spiro atoms. The molecule has 3 heterocycles. The van der Waals surface area contributed by atoms with Gasteiger partial charge < -0.3 is 89.9 Å². The van der Waals surface area contributed by atoms with Gasteiger partial charge >= 0.3 is 0 Å². The highest BCUT2D eigenvalue weighted by atomic mass is 16.8. The van der Waals surface area contributed by atoms with Crippen LogP contribution in [0.5, 0.6) is 0 Å². The fourth-order valence-corrected chi connectivity index (χ4v) is 9.96. The Labute approximate surface area is 477 Å². The number of hydrogen-bond acceptors (Lipinski definition) is 18. The summed E-state index contributed by atoms with van der Waals surface area (Å²) in [6, 6.07) is -1.00. The van der Waals surface area contributed by atoms with Gasteiger partial charge in [-0.1, -0.05) is 164 Å². The summed E-state index contributed by atoms with van der Waals surface area (Å²) >= 11 is 0. The Hall–Kier alpha value is -2.51. The molecule has 0 radical (unpaired) electrons. The van der Waals surface area contributed by atoms with Crippen LogP contribution in [0.25, 0.3) is 0 Å². The van der Waals surface area contributed by atoms with Crippen LogP contribution < -0.4 is 5.32 Å². The second kappa shape index (κ2) is 44.0. The van der Waals surface area contributed by atoms with Crippen molar-refractivity contribution < 1.29 is 89.4 Å². The molecule has 3 aliphatic rings. The van der Waals surface area contributed by atoms with Crippen molar-refractivity contribution in [1.82, 2.24) is 5.32 Å². The van der Waals surface area contributed by atoms with E-state index in [1.807, 2.05) is 6.08 Å². The van der Waals surface area contributed by atoms with Gasteiger partial charge in [0.1, 0.15) is 73.2 Å². The van der Waals surface area contributed by atoms with E-state index in [-0.39, 0.29) is 18.9 Å². The van der Waals surface area contributed by atoms with E-state index in [0.29, 0.717) is 12.8 Å². The van der Waals surface area contributed by atoms with E-state index in [4.69, 9.17) is 28.4 Å². The lowest BCUT2D eigenvalue weighted by Gasteiger charge is -2.48. The maximum atomic E-state index is 13.3. The monoisotopic (exact) mass is 1140 g/mol. The minimum Gasteiger partial charge on any atom is -0.394 e. The highest BCUT2D eigenvalue weighted by Gasteiger charge is 2.53. The van der Waals surface area contributed by atoms with Crippen LogP contribution in [0.4, 0.5) is 0 Å². The molecule has 17 atom stereocenters. The second-order valence-corrected chi connectivity index (χ2v) is 21.8. The third kappa shape index (κ3) is 27.5. The van der Waals surface area contributed by atoms with Crippen LogP contribution in [-0.4, -0.2) is 193 Å². The van der Waals surface area contributed by atoms with Crippen molar-refractivity contribution in [2.45, 2.75) is 291 Å². The molecule has 3 rings (SSSR count). The first-order valence-electron chi connectivity index (χ1n) is 30.5. The quantitative estimate of drug-likeness (QED) is 0.0259. The predicted octanol–water partition coefficient (Wildman–Crippen LogP) is 5.65. The molecule has 3 aliphatic heterocycles. The van der Waals surface area contributed by atoms with Gasteiger partial charge in [0.2, 0.25) is 5.91 Å². The van der Waals surface area contributed by atoms with Gasteiger partial charge in [0, 0.05) is 6.42 Å². The zero-order valence-corrected chi connectivity index (χ0v) is 48.3. The fraction of sp³-hybridized carbons (Fsp3) is 0.820. The number of nitrogens with one attached hydrogen (secondary N) is 1. The number of unbranched alkanes of at least 4 members (excludes halogenated alkanes) is 20. The Morgan fingerprint density at radius 2 is 0.838 bits per heavy atom. The highest BCUT2D eigenvalue weighted by Crippen LogP contribution is 2.33. The zero-order chi connectivity index (χ0) is 58.3. The number of carbonyl (C=O) groups is 1. The minimum atomic E-state index is -1.98. The normalized spacial score (nSPS) is 30.4. The first kappa shape index (κ1) is 71.8. The summed E-state index contributed by atoms with van der Waals surface area (Å²) in [5.41, 5.74) is 0. The first-order valence-corrected chi connectivity index (χ1v) is 30.5. The van der Waals surface area contributed by atoms with Gasteiger partial charge in [-0.05, 0) is 77.0 Å². The molecular weight excluding hydrogens is 1030 g/mol. The van der Waals surface area contributed by atoms with Gasteiger partial charge in [-0.15, -0.1) is 0 Å². The lowest BCUT2D eigenvalue weighted by Crippen LogP contribution is -2.66. The Morgan fingerprint density at radius 1 is 0.450 bits per heavy atom. The van der Waals surface area contributed by atoms with Crippen molar-refractivity contribution in [3.05, 3.63) is 60.8 Å². The Kier molecular flexibility index (Phi) is 39.5.